The van der Waals surface area contributed by atoms with Crippen LogP contribution in [0.3, 0.4) is 0 Å². The Balaban J connectivity index is 1.78. The van der Waals surface area contributed by atoms with Crippen LogP contribution in [0.25, 0.3) is 0 Å². The number of fused-ring (bicyclic) bond motifs is 1. The van der Waals surface area contributed by atoms with Crippen LogP contribution in [0.4, 0.5) is 11.4 Å². The molecule has 1 aliphatic heterocycles. The fraction of sp³-hybridized carbons (Fsp3) is 0.280. The van der Waals surface area contributed by atoms with E-state index in [2.05, 4.69) is 13.0 Å². The van der Waals surface area contributed by atoms with Crippen LogP contribution in [0, 0.1) is 0 Å². The molecule has 5 heteroatoms. The lowest BCUT2D eigenvalue weighted by molar-refractivity contribution is -0.118. The minimum Gasteiger partial charge on any atom is -0.309 e. The van der Waals surface area contributed by atoms with E-state index in [1.807, 2.05) is 82.8 Å². The van der Waals surface area contributed by atoms with E-state index >= 15 is 0 Å². The minimum absolute atomic E-state index is 0.0121. The highest BCUT2D eigenvalue weighted by atomic mass is 32.1. The van der Waals surface area contributed by atoms with Crippen LogP contribution in [0.5, 0.6) is 0 Å². The summed E-state index contributed by atoms with van der Waals surface area (Å²) in [5.74, 6) is 0.190. The molecule has 30 heavy (non-hydrogen) atoms. The van der Waals surface area contributed by atoms with Crippen molar-refractivity contribution >= 4 is 34.5 Å². The van der Waals surface area contributed by atoms with Gasteiger partial charge in [0.2, 0.25) is 11.8 Å². The van der Waals surface area contributed by atoms with Crippen LogP contribution in [0.2, 0.25) is 0 Å². The molecule has 0 fully saturated rings. The Labute approximate surface area is 181 Å². The van der Waals surface area contributed by atoms with Crippen molar-refractivity contribution in [3.8, 4) is 0 Å². The maximum atomic E-state index is 13.6. The van der Waals surface area contributed by atoms with Gasteiger partial charge in [0.25, 0.3) is 0 Å². The lowest BCUT2D eigenvalue weighted by atomic mass is 9.89. The van der Waals surface area contributed by atoms with Gasteiger partial charge in [-0.3, -0.25) is 9.59 Å². The summed E-state index contributed by atoms with van der Waals surface area (Å²) in [6.45, 7) is 3.97. The molecule has 2 unspecified atom stereocenters. The molecule has 3 aromatic rings. The Morgan fingerprint density at radius 2 is 1.77 bits per heavy atom. The third-order valence-electron chi connectivity index (χ3n) is 5.65. The summed E-state index contributed by atoms with van der Waals surface area (Å²) in [7, 11) is 0. The molecule has 2 atom stereocenters. The van der Waals surface area contributed by atoms with E-state index in [0.717, 1.165) is 21.8 Å². The van der Waals surface area contributed by atoms with Gasteiger partial charge >= 0.3 is 0 Å². The Morgan fingerprint density at radius 3 is 2.47 bits per heavy atom. The van der Waals surface area contributed by atoms with Gasteiger partial charge < -0.3 is 9.80 Å². The number of benzene rings is 2. The summed E-state index contributed by atoms with van der Waals surface area (Å²) in [6.07, 6.45) is 1.54. The summed E-state index contributed by atoms with van der Waals surface area (Å²) in [4.78, 5) is 31.1. The summed E-state index contributed by atoms with van der Waals surface area (Å²) in [6, 6.07) is 21.7. The van der Waals surface area contributed by atoms with Crippen molar-refractivity contribution in [3.63, 3.8) is 0 Å². The van der Waals surface area contributed by atoms with Crippen LogP contribution in [-0.4, -0.2) is 17.9 Å². The average molecular weight is 419 g/mol. The van der Waals surface area contributed by atoms with Gasteiger partial charge in [0.1, 0.15) is 0 Å². The van der Waals surface area contributed by atoms with Crippen LogP contribution in [0.15, 0.2) is 72.1 Å². The maximum Gasteiger partial charge on any atom is 0.232 e. The largest absolute Gasteiger partial charge is 0.309 e. The first kappa shape index (κ1) is 20.4. The highest BCUT2D eigenvalue weighted by Crippen LogP contribution is 2.42. The van der Waals surface area contributed by atoms with Crippen LogP contribution in [-0.2, 0) is 16.0 Å². The number of hydrogen-bond donors (Lipinski definition) is 0. The van der Waals surface area contributed by atoms with E-state index in [-0.39, 0.29) is 23.9 Å². The second-order valence-electron chi connectivity index (χ2n) is 7.63. The first-order valence-corrected chi connectivity index (χ1v) is 11.3. The van der Waals surface area contributed by atoms with Gasteiger partial charge in [0.15, 0.2) is 0 Å². The number of carbonyl (C=O) groups excluding carboxylic acids is 2. The zero-order chi connectivity index (χ0) is 21.1. The Kier molecular flexibility index (Phi) is 6.00. The highest BCUT2D eigenvalue weighted by molar-refractivity contribution is 7.10. The number of hydrogen-bond acceptors (Lipinski definition) is 3. The first-order chi connectivity index (χ1) is 14.6. The summed E-state index contributed by atoms with van der Waals surface area (Å²) in [5, 5.41) is 2.00. The molecule has 1 aromatic heterocycles. The normalized spacial score (nSPS) is 18.0. The standard InChI is InChI=1S/C25H26N2O2S/c1-3-24(28)26-18(2)16-23(21-13-7-8-14-22(21)26)27(19-10-5-4-6-11-19)25(29)17-20-12-9-15-30-20/h4-15,18,23H,3,16-17H2,1-2H3. The van der Waals surface area contributed by atoms with Gasteiger partial charge in [-0.2, -0.15) is 0 Å². The zero-order valence-corrected chi connectivity index (χ0v) is 18.1. The van der Waals surface area contributed by atoms with Crippen molar-refractivity contribution in [2.75, 3.05) is 9.80 Å². The molecule has 4 rings (SSSR count). The molecule has 1 aliphatic rings. The third-order valence-corrected chi connectivity index (χ3v) is 6.53. The van der Waals surface area contributed by atoms with Gasteiger partial charge in [-0.25, -0.2) is 0 Å². The summed E-state index contributed by atoms with van der Waals surface area (Å²) < 4.78 is 0. The minimum atomic E-state index is -0.119. The molecule has 0 aliphatic carbocycles. The van der Waals surface area contributed by atoms with Gasteiger partial charge in [0, 0.05) is 28.7 Å². The molecule has 0 spiro atoms. The number of amides is 2. The topological polar surface area (TPSA) is 40.6 Å². The third kappa shape index (κ3) is 3.90. The van der Waals surface area contributed by atoms with E-state index in [4.69, 9.17) is 0 Å². The van der Waals surface area contributed by atoms with Crippen molar-refractivity contribution in [3.05, 3.63) is 82.6 Å². The maximum absolute atomic E-state index is 13.6. The van der Waals surface area contributed by atoms with Crippen molar-refractivity contribution in [1.82, 2.24) is 0 Å². The smallest absolute Gasteiger partial charge is 0.232 e. The fourth-order valence-corrected chi connectivity index (χ4v) is 5.01. The van der Waals surface area contributed by atoms with Gasteiger partial charge in [-0.1, -0.05) is 49.4 Å². The van der Waals surface area contributed by atoms with Crippen molar-refractivity contribution in [2.45, 2.75) is 45.2 Å². The van der Waals surface area contributed by atoms with Crippen molar-refractivity contribution in [2.24, 2.45) is 0 Å². The van der Waals surface area contributed by atoms with Gasteiger partial charge in [-0.05, 0) is 48.6 Å². The van der Waals surface area contributed by atoms with E-state index in [9.17, 15) is 9.59 Å². The molecule has 154 valence electrons. The lowest BCUT2D eigenvalue weighted by Crippen LogP contribution is -2.47. The lowest BCUT2D eigenvalue weighted by Gasteiger charge is -2.43. The number of anilines is 2. The van der Waals surface area contributed by atoms with E-state index < -0.39 is 0 Å². The number of para-hydroxylation sites is 2. The molecule has 0 bridgehead atoms. The molecule has 0 saturated heterocycles. The summed E-state index contributed by atoms with van der Waals surface area (Å²) >= 11 is 1.60. The molecule has 2 aromatic carbocycles. The molecule has 4 nitrogen and oxygen atoms in total. The monoisotopic (exact) mass is 418 g/mol. The average Bonchev–Trinajstić information content (AvgIpc) is 3.27. The quantitative estimate of drug-likeness (QED) is 0.541. The molecule has 0 radical (unpaired) electrons. The molecule has 2 amide bonds. The SMILES string of the molecule is CCC(=O)N1c2ccccc2C(N(C(=O)Cc2cccs2)c2ccccc2)CC1C. The second kappa shape index (κ2) is 8.84. The van der Waals surface area contributed by atoms with Crippen molar-refractivity contribution < 1.29 is 9.59 Å². The number of carbonyl (C=O) groups is 2. The predicted octanol–water partition coefficient (Wildman–Crippen LogP) is 5.60. The van der Waals surface area contributed by atoms with Gasteiger partial charge in [0.05, 0.1) is 12.5 Å². The zero-order valence-electron chi connectivity index (χ0n) is 17.3. The van der Waals surface area contributed by atoms with E-state index in [1.165, 1.54) is 0 Å². The molecule has 0 saturated carbocycles. The molecule has 2 heterocycles. The van der Waals surface area contributed by atoms with Crippen LogP contribution >= 0.6 is 11.3 Å². The second-order valence-corrected chi connectivity index (χ2v) is 8.66. The predicted molar refractivity (Wildman–Crippen MR) is 123 cm³/mol. The Morgan fingerprint density at radius 1 is 1.03 bits per heavy atom. The number of nitrogens with zero attached hydrogens (tertiary/aromatic N) is 2. The number of rotatable bonds is 5. The first-order valence-electron chi connectivity index (χ1n) is 10.4. The molecule has 0 N–H and O–H groups in total. The Bertz CT molecular complexity index is 1020. The Hall–Kier alpha value is -2.92. The van der Waals surface area contributed by atoms with Crippen molar-refractivity contribution in [1.29, 1.82) is 0 Å². The fourth-order valence-electron chi connectivity index (χ4n) is 4.31. The highest BCUT2D eigenvalue weighted by Gasteiger charge is 2.38. The molecular weight excluding hydrogens is 392 g/mol. The van der Waals surface area contributed by atoms with E-state index in [1.54, 1.807) is 11.3 Å². The van der Waals surface area contributed by atoms with E-state index in [0.29, 0.717) is 19.3 Å². The van der Waals surface area contributed by atoms with Crippen LogP contribution in [0.1, 0.15) is 43.2 Å². The summed E-state index contributed by atoms with van der Waals surface area (Å²) in [5.41, 5.74) is 2.83. The number of thiophene rings is 1. The molecular formula is C25H26N2O2S. The van der Waals surface area contributed by atoms with Gasteiger partial charge in [-0.15, -0.1) is 11.3 Å². The van der Waals surface area contributed by atoms with Crippen LogP contribution < -0.4 is 9.80 Å².